The van der Waals surface area contributed by atoms with Crippen molar-refractivity contribution in [3.63, 3.8) is 0 Å². The first kappa shape index (κ1) is 11.3. The highest BCUT2D eigenvalue weighted by Crippen LogP contribution is 2.19. The minimum Gasteiger partial charge on any atom is -0.378 e. The average Bonchev–Trinajstić information content (AvgIpc) is 2.27. The predicted octanol–water partition coefficient (Wildman–Crippen LogP) is 2.34. The molecule has 2 rings (SSSR count). The number of anilines is 2. The van der Waals surface area contributed by atoms with Crippen LogP contribution in [0, 0.1) is 0 Å². The minimum absolute atomic E-state index is 0.499. The minimum atomic E-state index is 0.499. The number of nitrogens with zero attached hydrogens (tertiary/aromatic N) is 1. The van der Waals surface area contributed by atoms with Crippen LogP contribution in [0.1, 0.15) is 13.8 Å². The molecule has 0 saturated carbocycles. The van der Waals surface area contributed by atoms with E-state index in [0.717, 1.165) is 26.3 Å². The summed E-state index contributed by atoms with van der Waals surface area (Å²) in [4.78, 5) is 2.34. The van der Waals surface area contributed by atoms with Crippen LogP contribution in [0.4, 0.5) is 11.4 Å². The summed E-state index contributed by atoms with van der Waals surface area (Å²) in [5.41, 5.74) is 2.48. The van der Waals surface area contributed by atoms with E-state index in [2.05, 4.69) is 48.3 Å². The molecule has 0 amide bonds. The molecule has 1 heterocycles. The lowest BCUT2D eigenvalue weighted by Gasteiger charge is -2.28. The highest BCUT2D eigenvalue weighted by atomic mass is 16.5. The van der Waals surface area contributed by atoms with Gasteiger partial charge in [-0.1, -0.05) is 0 Å². The number of hydrogen-bond donors (Lipinski definition) is 1. The van der Waals surface area contributed by atoms with Crippen molar-refractivity contribution in [3.8, 4) is 0 Å². The fraction of sp³-hybridized carbons (Fsp3) is 0.538. The van der Waals surface area contributed by atoms with Crippen molar-refractivity contribution in [2.24, 2.45) is 0 Å². The summed E-state index contributed by atoms with van der Waals surface area (Å²) < 4.78 is 5.13. The van der Waals surface area contributed by atoms with E-state index in [9.17, 15) is 0 Å². The molecule has 0 radical (unpaired) electrons. The van der Waals surface area contributed by atoms with Gasteiger partial charge in [-0.05, 0) is 38.1 Å². The Morgan fingerprint density at radius 1 is 1.19 bits per heavy atom. The van der Waals surface area contributed by atoms with Crippen LogP contribution in [-0.2, 0) is 4.74 Å². The van der Waals surface area contributed by atoms with Gasteiger partial charge in [-0.15, -0.1) is 0 Å². The van der Waals surface area contributed by atoms with Gasteiger partial charge >= 0.3 is 0 Å². The molecule has 3 heteroatoms. The molecule has 1 saturated heterocycles. The molecule has 88 valence electrons. The summed E-state index contributed by atoms with van der Waals surface area (Å²) in [6.45, 7) is 8.14. The highest BCUT2D eigenvalue weighted by Gasteiger charge is 2.17. The number of ether oxygens (including phenoxy) is 1. The first-order chi connectivity index (χ1) is 7.83. The second kappa shape index (κ2) is 5.21. The smallest absolute Gasteiger partial charge is 0.0728 e. The Balaban J connectivity index is 1.97. The lowest BCUT2D eigenvalue weighted by molar-refractivity contribution is 0.0211. The van der Waals surface area contributed by atoms with Gasteiger partial charge in [0.25, 0.3) is 0 Å². The Bertz CT molecular complexity index is 315. The summed E-state index contributed by atoms with van der Waals surface area (Å²) in [5, 5.41) is 3.44. The maximum Gasteiger partial charge on any atom is 0.0728 e. The van der Waals surface area contributed by atoms with E-state index in [1.807, 2.05) is 0 Å². The maximum absolute atomic E-state index is 5.13. The molecule has 1 N–H and O–H groups in total. The van der Waals surface area contributed by atoms with Gasteiger partial charge in [0.2, 0.25) is 0 Å². The summed E-state index contributed by atoms with van der Waals surface area (Å²) in [6.07, 6.45) is 0. The molecule has 0 aliphatic carbocycles. The zero-order valence-electron chi connectivity index (χ0n) is 10.1. The van der Waals surface area contributed by atoms with Crippen molar-refractivity contribution in [2.75, 3.05) is 36.5 Å². The molecule has 0 bridgehead atoms. The molecule has 0 spiro atoms. The van der Waals surface area contributed by atoms with Crippen molar-refractivity contribution in [3.05, 3.63) is 24.3 Å². The molecule has 16 heavy (non-hydrogen) atoms. The SMILES string of the molecule is CCN(CC)c1ccc(NC2COC2)cc1. The first-order valence-electron chi connectivity index (χ1n) is 6.02. The summed E-state index contributed by atoms with van der Waals surface area (Å²) >= 11 is 0. The fourth-order valence-electron chi connectivity index (χ4n) is 1.91. The van der Waals surface area contributed by atoms with E-state index in [1.54, 1.807) is 0 Å². The lowest BCUT2D eigenvalue weighted by Crippen LogP contribution is -2.40. The molecule has 1 aromatic rings. The third-order valence-corrected chi connectivity index (χ3v) is 3.00. The number of rotatable bonds is 5. The van der Waals surface area contributed by atoms with Gasteiger partial charge in [0.05, 0.1) is 19.3 Å². The zero-order chi connectivity index (χ0) is 11.4. The van der Waals surface area contributed by atoms with E-state index in [1.165, 1.54) is 11.4 Å². The molecular weight excluding hydrogens is 200 g/mol. The normalized spacial score (nSPS) is 15.6. The average molecular weight is 220 g/mol. The van der Waals surface area contributed by atoms with Gasteiger partial charge in [-0.3, -0.25) is 0 Å². The summed E-state index contributed by atoms with van der Waals surface area (Å²) in [5.74, 6) is 0. The molecule has 1 aliphatic rings. The lowest BCUT2D eigenvalue weighted by atomic mass is 10.2. The van der Waals surface area contributed by atoms with Crippen LogP contribution in [0.3, 0.4) is 0 Å². The summed E-state index contributed by atoms with van der Waals surface area (Å²) in [6, 6.07) is 9.14. The van der Waals surface area contributed by atoms with Crippen LogP contribution >= 0.6 is 0 Å². The monoisotopic (exact) mass is 220 g/mol. The molecule has 1 fully saturated rings. The van der Waals surface area contributed by atoms with Crippen molar-refractivity contribution in [1.29, 1.82) is 0 Å². The number of hydrogen-bond acceptors (Lipinski definition) is 3. The molecule has 1 aromatic carbocycles. The van der Waals surface area contributed by atoms with Crippen LogP contribution in [0.2, 0.25) is 0 Å². The Labute approximate surface area is 97.4 Å². The fourth-order valence-corrected chi connectivity index (χ4v) is 1.91. The Kier molecular flexibility index (Phi) is 3.67. The van der Waals surface area contributed by atoms with Gasteiger partial charge in [0, 0.05) is 24.5 Å². The Morgan fingerprint density at radius 2 is 1.81 bits per heavy atom. The molecule has 3 nitrogen and oxygen atoms in total. The number of benzene rings is 1. The van der Waals surface area contributed by atoms with Gasteiger partial charge in [-0.25, -0.2) is 0 Å². The molecule has 0 aromatic heterocycles. The van der Waals surface area contributed by atoms with Crippen LogP contribution in [0.5, 0.6) is 0 Å². The third kappa shape index (κ3) is 2.47. The van der Waals surface area contributed by atoms with Crippen LogP contribution in [0.25, 0.3) is 0 Å². The predicted molar refractivity (Wildman–Crippen MR) is 68.2 cm³/mol. The summed E-state index contributed by atoms with van der Waals surface area (Å²) in [7, 11) is 0. The zero-order valence-corrected chi connectivity index (χ0v) is 10.1. The van der Waals surface area contributed by atoms with Gasteiger partial charge in [-0.2, -0.15) is 0 Å². The maximum atomic E-state index is 5.13. The van der Waals surface area contributed by atoms with Gasteiger partial charge in [0.1, 0.15) is 0 Å². The van der Waals surface area contributed by atoms with E-state index in [-0.39, 0.29) is 0 Å². The second-order valence-electron chi connectivity index (χ2n) is 4.10. The van der Waals surface area contributed by atoms with E-state index in [0.29, 0.717) is 6.04 Å². The van der Waals surface area contributed by atoms with Crippen LogP contribution < -0.4 is 10.2 Å². The first-order valence-corrected chi connectivity index (χ1v) is 6.02. The number of nitrogens with one attached hydrogen (secondary N) is 1. The molecule has 0 unspecified atom stereocenters. The van der Waals surface area contributed by atoms with Crippen molar-refractivity contribution in [2.45, 2.75) is 19.9 Å². The highest BCUT2D eigenvalue weighted by molar-refractivity contribution is 5.55. The van der Waals surface area contributed by atoms with Crippen LogP contribution in [-0.4, -0.2) is 32.3 Å². The molecular formula is C13H20N2O. The Hall–Kier alpha value is -1.22. The third-order valence-electron chi connectivity index (χ3n) is 3.00. The Morgan fingerprint density at radius 3 is 2.25 bits per heavy atom. The van der Waals surface area contributed by atoms with E-state index < -0.39 is 0 Å². The van der Waals surface area contributed by atoms with E-state index in [4.69, 9.17) is 4.74 Å². The van der Waals surface area contributed by atoms with E-state index >= 15 is 0 Å². The van der Waals surface area contributed by atoms with Crippen molar-refractivity contribution >= 4 is 11.4 Å². The standard InChI is InChI=1S/C13H20N2O/c1-3-15(4-2)13-7-5-11(6-8-13)14-12-9-16-10-12/h5-8,12,14H,3-4,9-10H2,1-2H3. The molecule has 0 atom stereocenters. The largest absolute Gasteiger partial charge is 0.378 e. The quantitative estimate of drug-likeness (QED) is 0.824. The topological polar surface area (TPSA) is 24.5 Å². The molecule has 1 aliphatic heterocycles. The second-order valence-corrected chi connectivity index (χ2v) is 4.10. The van der Waals surface area contributed by atoms with Crippen molar-refractivity contribution < 1.29 is 4.74 Å². The van der Waals surface area contributed by atoms with Gasteiger partial charge in [0.15, 0.2) is 0 Å². The van der Waals surface area contributed by atoms with Gasteiger partial charge < -0.3 is 15.0 Å². The van der Waals surface area contributed by atoms with Crippen LogP contribution in [0.15, 0.2) is 24.3 Å². The van der Waals surface area contributed by atoms with Crippen molar-refractivity contribution in [1.82, 2.24) is 0 Å².